The SMILES string of the molecule is C[C@H]1CN(c2cc(F)c(C3=CCN(C(=O)O)C3)c(F)c2NC(=O)c2c[nH]c(=O)cc2C(F)F)CCN1C. The molecule has 1 saturated heterocycles. The maximum Gasteiger partial charge on any atom is 0.407 e. The molecule has 0 spiro atoms. The number of pyridine rings is 1. The number of carbonyl (C=O) groups is 2. The van der Waals surface area contributed by atoms with Gasteiger partial charge in [0.2, 0.25) is 5.56 Å². The molecule has 0 radical (unpaired) electrons. The van der Waals surface area contributed by atoms with Gasteiger partial charge in [-0.1, -0.05) is 6.08 Å². The van der Waals surface area contributed by atoms with Crippen molar-refractivity contribution in [2.45, 2.75) is 19.4 Å². The van der Waals surface area contributed by atoms with Crippen molar-refractivity contribution in [2.24, 2.45) is 0 Å². The molecule has 0 unspecified atom stereocenters. The van der Waals surface area contributed by atoms with Crippen LogP contribution in [0.4, 0.5) is 33.7 Å². The molecular formula is C24H25F4N5O4. The van der Waals surface area contributed by atoms with Gasteiger partial charge in [-0.3, -0.25) is 9.59 Å². The molecule has 1 aromatic heterocycles. The third-order valence-electron chi connectivity index (χ3n) is 6.68. The van der Waals surface area contributed by atoms with E-state index in [4.69, 9.17) is 0 Å². The van der Waals surface area contributed by atoms with E-state index in [1.165, 1.54) is 6.08 Å². The smallest absolute Gasteiger partial charge is 0.407 e. The fourth-order valence-corrected chi connectivity index (χ4v) is 4.46. The summed E-state index contributed by atoms with van der Waals surface area (Å²) in [6.07, 6.45) is -2.24. The highest BCUT2D eigenvalue weighted by atomic mass is 19.3. The van der Waals surface area contributed by atoms with Crippen LogP contribution < -0.4 is 15.8 Å². The summed E-state index contributed by atoms with van der Waals surface area (Å²) in [5.41, 5.74) is -3.11. The van der Waals surface area contributed by atoms with E-state index in [1.54, 1.807) is 4.90 Å². The molecule has 13 heteroatoms. The van der Waals surface area contributed by atoms with E-state index in [9.17, 15) is 28.3 Å². The van der Waals surface area contributed by atoms with E-state index in [0.29, 0.717) is 25.7 Å². The number of aromatic nitrogens is 1. The van der Waals surface area contributed by atoms with Crippen LogP contribution in [0.5, 0.6) is 0 Å². The lowest BCUT2D eigenvalue weighted by atomic mass is 10.0. The summed E-state index contributed by atoms with van der Waals surface area (Å²) in [7, 11) is 1.90. The molecule has 1 fully saturated rings. The van der Waals surface area contributed by atoms with E-state index in [1.807, 2.05) is 14.0 Å². The molecule has 0 aliphatic carbocycles. The van der Waals surface area contributed by atoms with Crippen molar-refractivity contribution in [1.82, 2.24) is 14.8 Å². The lowest BCUT2D eigenvalue weighted by Gasteiger charge is -2.40. The minimum absolute atomic E-state index is 0.00870. The fourth-order valence-electron chi connectivity index (χ4n) is 4.46. The van der Waals surface area contributed by atoms with Gasteiger partial charge in [0.15, 0.2) is 5.82 Å². The minimum atomic E-state index is -3.15. The molecule has 9 nitrogen and oxygen atoms in total. The van der Waals surface area contributed by atoms with E-state index in [2.05, 4.69) is 15.2 Å². The molecule has 0 saturated carbocycles. The number of anilines is 2. The lowest BCUT2D eigenvalue weighted by molar-refractivity contribution is 0.101. The number of nitrogens with zero attached hydrogens (tertiary/aromatic N) is 3. The Kier molecular flexibility index (Phi) is 7.25. The van der Waals surface area contributed by atoms with Crippen LogP contribution in [0.1, 0.15) is 34.8 Å². The number of rotatable bonds is 5. The van der Waals surface area contributed by atoms with Crippen LogP contribution in [0.15, 0.2) is 29.2 Å². The van der Waals surface area contributed by atoms with Crippen molar-refractivity contribution < 1.29 is 32.3 Å². The number of piperazine rings is 1. The van der Waals surface area contributed by atoms with Crippen molar-refractivity contribution in [3.8, 4) is 0 Å². The van der Waals surface area contributed by atoms with Crippen LogP contribution in [0.2, 0.25) is 0 Å². The minimum Gasteiger partial charge on any atom is -0.465 e. The summed E-state index contributed by atoms with van der Waals surface area (Å²) < 4.78 is 58.4. The number of alkyl halides is 2. The number of carboxylic acid groups (broad SMARTS) is 1. The largest absolute Gasteiger partial charge is 0.465 e. The van der Waals surface area contributed by atoms with Crippen molar-refractivity contribution >= 4 is 28.9 Å². The Morgan fingerprint density at radius 3 is 2.57 bits per heavy atom. The Bertz CT molecular complexity index is 1330. The zero-order valence-corrected chi connectivity index (χ0v) is 20.0. The Morgan fingerprint density at radius 1 is 1.22 bits per heavy atom. The lowest BCUT2D eigenvalue weighted by Crippen LogP contribution is -2.50. The number of halogens is 4. The fraction of sp³-hybridized carbons (Fsp3) is 0.375. The number of benzene rings is 1. The van der Waals surface area contributed by atoms with Crippen LogP contribution in [-0.2, 0) is 0 Å². The maximum atomic E-state index is 16.0. The third-order valence-corrected chi connectivity index (χ3v) is 6.68. The third kappa shape index (κ3) is 5.17. The number of aromatic amines is 1. The maximum absolute atomic E-state index is 16.0. The van der Waals surface area contributed by atoms with Gasteiger partial charge in [-0.05, 0) is 19.5 Å². The van der Waals surface area contributed by atoms with Gasteiger partial charge in [-0.25, -0.2) is 22.4 Å². The number of nitrogens with one attached hydrogen (secondary N) is 2. The van der Waals surface area contributed by atoms with Crippen LogP contribution in [-0.4, -0.2) is 77.7 Å². The second-order valence-corrected chi connectivity index (χ2v) is 9.03. The van der Waals surface area contributed by atoms with Gasteiger partial charge in [0, 0.05) is 62.7 Å². The number of hydrogen-bond donors (Lipinski definition) is 3. The van der Waals surface area contributed by atoms with Crippen LogP contribution in [0, 0.1) is 11.6 Å². The van der Waals surface area contributed by atoms with E-state index in [-0.39, 0.29) is 30.4 Å². The zero-order valence-electron chi connectivity index (χ0n) is 20.0. The number of hydrogen-bond acceptors (Lipinski definition) is 5. The Labute approximate surface area is 209 Å². The first kappa shape index (κ1) is 26.2. The number of carbonyl (C=O) groups excluding carboxylic acids is 1. The van der Waals surface area contributed by atoms with E-state index >= 15 is 8.78 Å². The summed E-state index contributed by atoms with van der Waals surface area (Å²) in [5.74, 6) is -3.23. The van der Waals surface area contributed by atoms with Crippen molar-refractivity contribution in [3.05, 3.63) is 63.1 Å². The highest BCUT2D eigenvalue weighted by molar-refractivity contribution is 6.07. The van der Waals surface area contributed by atoms with Crippen molar-refractivity contribution in [1.29, 1.82) is 0 Å². The van der Waals surface area contributed by atoms with Crippen LogP contribution in [0.25, 0.3) is 5.57 Å². The average Bonchev–Trinajstić information content (AvgIpc) is 3.32. The predicted octanol–water partition coefficient (Wildman–Crippen LogP) is 3.36. The average molecular weight is 523 g/mol. The normalized spacial score (nSPS) is 18.4. The summed E-state index contributed by atoms with van der Waals surface area (Å²) in [6.45, 7) is 2.89. The summed E-state index contributed by atoms with van der Waals surface area (Å²) in [6, 6.07) is 1.64. The quantitative estimate of drug-likeness (QED) is 0.519. The molecule has 1 atom stereocenters. The predicted molar refractivity (Wildman–Crippen MR) is 128 cm³/mol. The number of H-pyrrole nitrogens is 1. The standard InChI is InChI=1S/C24H25F4N5O4/c1-12-10-32(6-5-31(12)2)17-8-16(25)19(13-3-4-33(11-13)24(36)37)20(26)21(17)30-23(35)15-9-29-18(34)7-14(15)22(27)28/h3,7-9,12,22H,4-6,10-11H2,1-2H3,(H,29,34)(H,30,35)(H,36,37)/t12-/m0/s1. The molecular weight excluding hydrogens is 498 g/mol. The second kappa shape index (κ2) is 10.2. The topological polar surface area (TPSA) is 109 Å². The molecule has 198 valence electrons. The van der Waals surface area contributed by atoms with E-state index in [0.717, 1.165) is 17.2 Å². The first-order valence-corrected chi connectivity index (χ1v) is 11.4. The molecule has 2 amide bonds. The molecule has 3 N–H and O–H groups in total. The Hall–Kier alpha value is -3.87. The van der Waals surface area contributed by atoms with Crippen LogP contribution >= 0.6 is 0 Å². The number of likely N-dealkylation sites (N-methyl/N-ethyl adjacent to an activating group) is 1. The highest BCUT2D eigenvalue weighted by Gasteiger charge is 2.31. The number of amides is 2. The van der Waals surface area contributed by atoms with Gasteiger partial charge < -0.3 is 30.1 Å². The zero-order chi connectivity index (χ0) is 27.0. The molecule has 2 aromatic rings. The monoisotopic (exact) mass is 523 g/mol. The summed E-state index contributed by atoms with van der Waals surface area (Å²) in [5, 5.41) is 11.5. The van der Waals surface area contributed by atoms with Crippen molar-refractivity contribution in [2.75, 3.05) is 50.0 Å². The summed E-state index contributed by atoms with van der Waals surface area (Å²) >= 11 is 0. The molecule has 37 heavy (non-hydrogen) atoms. The van der Waals surface area contributed by atoms with Gasteiger partial charge in [0.1, 0.15) is 11.5 Å². The van der Waals surface area contributed by atoms with E-state index < -0.39 is 58.0 Å². The first-order chi connectivity index (χ1) is 17.5. The van der Waals surface area contributed by atoms with Gasteiger partial charge in [-0.15, -0.1) is 0 Å². The molecule has 2 aliphatic heterocycles. The summed E-state index contributed by atoms with van der Waals surface area (Å²) in [4.78, 5) is 42.7. The Morgan fingerprint density at radius 2 is 1.95 bits per heavy atom. The molecule has 3 heterocycles. The van der Waals surface area contributed by atoms with Crippen LogP contribution in [0.3, 0.4) is 0 Å². The molecule has 1 aromatic carbocycles. The molecule has 2 aliphatic rings. The Balaban J connectivity index is 1.80. The molecule has 0 bridgehead atoms. The van der Waals surface area contributed by atoms with Gasteiger partial charge >= 0.3 is 6.09 Å². The second-order valence-electron chi connectivity index (χ2n) is 9.03. The molecule has 4 rings (SSSR count). The van der Waals surface area contributed by atoms with Gasteiger partial charge in [0.25, 0.3) is 12.3 Å². The van der Waals surface area contributed by atoms with Crippen molar-refractivity contribution in [3.63, 3.8) is 0 Å². The van der Waals surface area contributed by atoms with Gasteiger partial charge in [0.05, 0.1) is 16.8 Å². The first-order valence-electron chi connectivity index (χ1n) is 11.4. The highest BCUT2D eigenvalue weighted by Crippen LogP contribution is 2.38. The van der Waals surface area contributed by atoms with Gasteiger partial charge in [-0.2, -0.15) is 0 Å².